The quantitative estimate of drug-likeness (QED) is 0.443. The second-order valence-corrected chi connectivity index (χ2v) is 9.73. The Kier molecular flexibility index (Phi) is 6.41. The summed E-state index contributed by atoms with van der Waals surface area (Å²) >= 11 is 8.21. The Morgan fingerprint density at radius 1 is 1.19 bits per heavy atom. The summed E-state index contributed by atoms with van der Waals surface area (Å²) in [5.41, 5.74) is 2.49. The maximum atomic E-state index is 13.2. The van der Waals surface area contributed by atoms with Crippen LogP contribution in [0.1, 0.15) is 31.0 Å². The Bertz CT molecular complexity index is 1370. The Morgan fingerprint density at radius 3 is 2.61 bits per heavy atom. The summed E-state index contributed by atoms with van der Waals surface area (Å²) in [6.07, 6.45) is 1.84. The zero-order valence-corrected chi connectivity index (χ0v) is 20.8. The van der Waals surface area contributed by atoms with E-state index in [9.17, 15) is 9.59 Å². The molecule has 2 heterocycles. The molecule has 31 heavy (non-hydrogen) atoms. The van der Waals surface area contributed by atoms with Crippen molar-refractivity contribution in [3.8, 4) is 0 Å². The Morgan fingerprint density at radius 2 is 1.94 bits per heavy atom. The number of nitrogens with zero attached hydrogens (tertiary/aromatic N) is 2. The van der Waals surface area contributed by atoms with Gasteiger partial charge in [-0.25, -0.2) is 9.79 Å². The molecule has 2 aromatic carbocycles. The highest BCUT2D eigenvalue weighted by Gasteiger charge is 2.31. The van der Waals surface area contributed by atoms with Gasteiger partial charge in [-0.05, 0) is 55.3 Å². The van der Waals surface area contributed by atoms with Crippen LogP contribution in [0.3, 0.4) is 0 Å². The van der Waals surface area contributed by atoms with Gasteiger partial charge in [0.2, 0.25) is 0 Å². The molecular formula is C23H18Br2N2O3S. The lowest BCUT2D eigenvalue weighted by Gasteiger charge is -2.22. The van der Waals surface area contributed by atoms with Gasteiger partial charge in [-0.2, -0.15) is 0 Å². The minimum atomic E-state index is -0.538. The van der Waals surface area contributed by atoms with E-state index in [-0.39, 0.29) is 12.2 Å². The summed E-state index contributed by atoms with van der Waals surface area (Å²) < 4.78 is 9.24. The van der Waals surface area contributed by atoms with Crippen LogP contribution in [0, 0.1) is 0 Å². The summed E-state index contributed by atoms with van der Waals surface area (Å²) in [7, 11) is 0. The third-order valence-corrected chi connectivity index (χ3v) is 6.88. The fourth-order valence-corrected chi connectivity index (χ4v) is 5.17. The highest BCUT2D eigenvalue weighted by Crippen LogP contribution is 2.32. The molecule has 0 saturated carbocycles. The van der Waals surface area contributed by atoms with E-state index < -0.39 is 12.0 Å². The topological polar surface area (TPSA) is 60.7 Å². The van der Waals surface area contributed by atoms with Gasteiger partial charge in [-0.1, -0.05) is 67.5 Å². The van der Waals surface area contributed by atoms with Crippen LogP contribution in [0.5, 0.6) is 0 Å². The molecule has 0 bridgehead atoms. The first-order valence-electron chi connectivity index (χ1n) is 9.59. The number of hydrogen-bond donors (Lipinski definition) is 0. The lowest BCUT2D eigenvalue weighted by Crippen LogP contribution is -2.35. The second kappa shape index (κ2) is 9.06. The summed E-state index contributed by atoms with van der Waals surface area (Å²) in [4.78, 5) is 31.4. The minimum absolute atomic E-state index is 0.197. The average Bonchev–Trinajstić information content (AvgIpc) is 3.04. The van der Waals surface area contributed by atoms with Crippen molar-refractivity contribution in [3.05, 3.63) is 93.9 Å². The molecule has 0 N–H and O–H groups in total. The van der Waals surface area contributed by atoms with Gasteiger partial charge in [0.1, 0.15) is 6.04 Å². The molecule has 1 atom stereocenters. The van der Waals surface area contributed by atoms with Crippen molar-refractivity contribution in [2.45, 2.75) is 19.9 Å². The van der Waals surface area contributed by atoms with Crippen molar-refractivity contribution >= 4 is 60.9 Å². The van der Waals surface area contributed by atoms with Crippen LogP contribution in [-0.4, -0.2) is 17.1 Å². The molecule has 3 aromatic rings. The predicted molar refractivity (Wildman–Crippen MR) is 129 cm³/mol. The van der Waals surface area contributed by atoms with Crippen LogP contribution >= 0.6 is 43.2 Å². The molecule has 8 heteroatoms. The number of carbonyl (C=O) groups is 1. The highest BCUT2D eigenvalue weighted by atomic mass is 79.9. The number of halogens is 2. The smallest absolute Gasteiger partial charge is 0.338 e. The second-order valence-electron chi connectivity index (χ2n) is 6.89. The van der Waals surface area contributed by atoms with E-state index >= 15 is 0 Å². The Balaban J connectivity index is 1.95. The molecule has 1 aliphatic rings. The van der Waals surface area contributed by atoms with E-state index in [0.717, 1.165) is 20.1 Å². The first kappa shape index (κ1) is 21.9. The van der Waals surface area contributed by atoms with Crippen LogP contribution in [0.4, 0.5) is 0 Å². The largest absolute Gasteiger partial charge is 0.463 e. The number of rotatable bonds is 4. The van der Waals surface area contributed by atoms with Crippen molar-refractivity contribution < 1.29 is 9.53 Å². The maximum absolute atomic E-state index is 13.2. The maximum Gasteiger partial charge on any atom is 0.338 e. The first-order valence-corrected chi connectivity index (χ1v) is 12.0. The average molecular weight is 562 g/mol. The number of carbonyl (C=O) groups excluding carboxylic acids is 1. The number of esters is 1. The summed E-state index contributed by atoms with van der Waals surface area (Å²) in [6, 6.07) is 14.8. The van der Waals surface area contributed by atoms with Gasteiger partial charge in [0.05, 0.1) is 16.7 Å². The number of fused-ring (bicyclic) bond motifs is 1. The van der Waals surface area contributed by atoms with Gasteiger partial charge in [-0.3, -0.25) is 9.36 Å². The monoisotopic (exact) mass is 560 g/mol. The molecular weight excluding hydrogens is 544 g/mol. The van der Waals surface area contributed by atoms with Gasteiger partial charge in [0.15, 0.2) is 4.80 Å². The Hall–Kier alpha value is -2.29. The van der Waals surface area contributed by atoms with Crippen molar-refractivity contribution in [1.29, 1.82) is 0 Å². The van der Waals surface area contributed by atoms with Gasteiger partial charge in [0.25, 0.3) is 5.56 Å². The lowest BCUT2D eigenvalue weighted by molar-refractivity contribution is -0.138. The van der Waals surface area contributed by atoms with Gasteiger partial charge in [-0.15, -0.1) is 0 Å². The zero-order chi connectivity index (χ0) is 22.1. The van der Waals surface area contributed by atoms with Crippen LogP contribution in [0.25, 0.3) is 11.8 Å². The lowest BCUT2D eigenvalue weighted by atomic mass is 9.97. The minimum Gasteiger partial charge on any atom is -0.463 e. The van der Waals surface area contributed by atoms with E-state index in [1.165, 1.54) is 15.9 Å². The molecule has 0 unspecified atom stereocenters. The summed E-state index contributed by atoms with van der Waals surface area (Å²) in [5, 5.41) is 0. The van der Waals surface area contributed by atoms with Gasteiger partial charge >= 0.3 is 5.97 Å². The molecule has 4 rings (SSSR count). The highest BCUT2D eigenvalue weighted by molar-refractivity contribution is 9.10. The zero-order valence-electron chi connectivity index (χ0n) is 16.8. The third kappa shape index (κ3) is 4.37. The van der Waals surface area contributed by atoms with Crippen molar-refractivity contribution in [2.75, 3.05) is 6.61 Å². The van der Waals surface area contributed by atoms with Crippen LogP contribution < -0.4 is 14.9 Å². The van der Waals surface area contributed by atoms with Gasteiger partial charge < -0.3 is 4.74 Å². The van der Waals surface area contributed by atoms with E-state index in [0.29, 0.717) is 20.6 Å². The normalized spacial score (nSPS) is 16.1. The molecule has 0 amide bonds. The van der Waals surface area contributed by atoms with E-state index in [2.05, 4.69) is 31.9 Å². The number of ether oxygens (including phenoxy) is 1. The molecule has 0 radical (unpaired) electrons. The molecule has 158 valence electrons. The van der Waals surface area contributed by atoms with Crippen molar-refractivity contribution in [3.63, 3.8) is 0 Å². The third-order valence-electron chi connectivity index (χ3n) is 4.87. The molecule has 0 aliphatic carbocycles. The van der Waals surface area contributed by atoms with Crippen LogP contribution in [0.15, 0.2) is 72.8 Å². The number of hydrogen-bond acceptors (Lipinski definition) is 5. The molecule has 0 fully saturated rings. The van der Waals surface area contributed by atoms with E-state index in [1.54, 1.807) is 13.8 Å². The van der Waals surface area contributed by atoms with Crippen LogP contribution in [0.2, 0.25) is 0 Å². The number of allylic oxidation sites excluding steroid dienone is 1. The SMILES string of the molecule is CCOC(=O)C1=C(C)n2c(s/c(=C\c3cccc(Br)c3)c2=O)=N[C@@H]1c1ccc(Br)cc1. The fourth-order valence-electron chi connectivity index (χ4n) is 3.45. The molecule has 1 aliphatic heterocycles. The molecule has 1 aromatic heterocycles. The molecule has 0 spiro atoms. The van der Waals surface area contributed by atoms with Gasteiger partial charge in [0, 0.05) is 14.6 Å². The van der Waals surface area contributed by atoms with E-state index in [1.807, 2.05) is 54.6 Å². The van der Waals surface area contributed by atoms with E-state index in [4.69, 9.17) is 9.73 Å². The molecule has 0 saturated heterocycles. The summed E-state index contributed by atoms with van der Waals surface area (Å²) in [6.45, 7) is 3.78. The predicted octanol–water partition coefficient (Wildman–Crippen LogP) is 4.43. The summed E-state index contributed by atoms with van der Waals surface area (Å²) in [5.74, 6) is -0.460. The number of aromatic nitrogens is 1. The first-order chi connectivity index (χ1) is 14.9. The fraction of sp³-hybridized carbons (Fsp3) is 0.174. The number of benzene rings is 2. The van der Waals surface area contributed by atoms with Crippen LogP contribution in [-0.2, 0) is 9.53 Å². The Labute approximate surface area is 199 Å². The molecule has 5 nitrogen and oxygen atoms in total. The number of thiazole rings is 1. The van der Waals surface area contributed by atoms with Crippen molar-refractivity contribution in [2.24, 2.45) is 4.99 Å². The van der Waals surface area contributed by atoms with Crippen molar-refractivity contribution in [1.82, 2.24) is 4.57 Å². The standard InChI is InChI=1S/C23H18Br2N2O3S/c1-3-30-22(29)19-13(2)27-21(28)18(12-14-5-4-6-17(25)11-14)31-23(27)26-20(19)15-7-9-16(24)10-8-15/h4-12,20H,3H2,1-2H3/b18-12-/t20-/m1/s1.